The third-order valence-corrected chi connectivity index (χ3v) is 3.49. The molecule has 0 bridgehead atoms. The number of phenolic OH excluding ortho intramolecular Hbond substituents is 1. The highest BCUT2D eigenvalue weighted by atomic mass is 127. The fraction of sp³-hybridized carbons (Fsp3) is 0.143. The fourth-order valence-corrected chi connectivity index (χ4v) is 2.08. The third-order valence-electron chi connectivity index (χ3n) is 1.26. The van der Waals surface area contributed by atoms with Gasteiger partial charge in [-0.15, -0.1) is 0 Å². The molecule has 1 N–H and O–H groups in total. The van der Waals surface area contributed by atoms with Crippen LogP contribution in [-0.2, 0) is 0 Å². The number of hydrogen-bond donors (Lipinski definition) is 1. The Bertz CT molecular complexity index is 231. The van der Waals surface area contributed by atoms with E-state index in [-0.39, 0.29) is 0 Å². The van der Waals surface area contributed by atoms with Gasteiger partial charge in [-0.2, -0.15) is 0 Å². The van der Waals surface area contributed by atoms with E-state index >= 15 is 0 Å². The van der Waals surface area contributed by atoms with Crippen LogP contribution in [0.4, 0.5) is 0 Å². The molecule has 0 heterocycles. The number of aryl methyl sites for hydroxylation is 1. The average Bonchev–Trinajstić information content (AvgIpc) is 1.93. The van der Waals surface area contributed by atoms with Gasteiger partial charge in [0, 0.05) is 0 Å². The van der Waals surface area contributed by atoms with Crippen LogP contribution < -0.4 is 0 Å². The van der Waals surface area contributed by atoms with Gasteiger partial charge in [-0.3, -0.25) is 0 Å². The van der Waals surface area contributed by atoms with Crippen molar-refractivity contribution in [3.63, 3.8) is 0 Å². The van der Waals surface area contributed by atoms with Gasteiger partial charge in [-0.25, -0.2) is 0 Å². The predicted octanol–water partition coefficient (Wildman–Crippen LogP) is 2.91. The maximum atomic E-state index is 9.37. The van der Waals surface area contributed by atoms with Crippen LogP contribution in [0, 0.1) is 14.1 Å². The Morgan fingerprint density at radius 3 is 2.40 bits per heavy atom. The van der Waals surface area contributed by atoms with Crippen LogP contribution in [0.2, 0.25) is 0 Å². The average molecular weight is 360 g/mol. The first-order valence-electron chi connectivity index (χ1n) is 2.76. The molecule has 0 unspecified atom stereocenters. The lowest BCUT2D eigenvalue weighted by Crippen LogP contribution is -1.82. The molecule has 0 amide bonds. The van der Waals surface area contributed by atoms with Gasteiger partial charge in [0.15, 0.2) is 0 Å². The van der Waals surface area contributed by atoms with Crippen molar-refractivity contribution in [2.45, 2.75) is 6.92 Å². The van der Waals surface area contributed by atoms with E-state index in [0.29, 0.717) is 5.75 Å². The smallest absolute Gasteiger partial charge is 0.142 e. The van der Waals surface area contributed by atoms with Crippen molar-refractivity contribution in [2.24, 2.45) is 0 Å². The largest absolute Gasteiger partial charge is 0.506 e. The Balaban J connectivity index is 3.34. The van der Waals surface area contributed by atoms with E-state index in [1.165, 1.54) is 0 Å². The van der Waals surface area contributed by atoms with Crippen LogP contribution in [0.1, 0.15) is 5.56 Å². The van der Waals surface area contributed by atoms with Gasteiger partial charge in [0.05, 0.1) is 7.14 Å². The summed E-state index contributed by atoms with van der Waals surface area (Å²) in [5.74, 6) is 0.404. The van der Waals surface area contributed by atoms with E-state index in [9.17, 15) is 5.11 Å². The van der Waals surface area contributed by atoms with Gasteiger partial charge in [0.1, 0.15) is 5.75 Å². The van der Waals surface area contributed by atoms with Crippen molar-refractivity contribution in [3.05, 3.63) is 24.8 Å². The maximum absolute atomic E-state index is 9.37. The minimum absolute atomic E-state index is 0.404. The number of aromatic hydroxyl groups is 1. The molecule has 1 aromatic rings. The van der Waals surface area contributed by atoms with Crippen LogP contribution >= 0.6 is 45.2 Å². The first-order chi connectivity index (χ1) is 4.63. The molecule has 3 heteroatoms. The molecule has 10 heavy (non-hydrogen) atoms. The molecular weight excluding hydrogens is 354 g/mol. The molecule has 0 fully saturated rings. The van der Waals surface area contributed by atoms with Crippen LogP contribution in [0.3, 0.4) is 0 Å². The predicted molar refractivity (Wildman–Crippen MR) is 58.3 cm³/mol. The second-order valence-corrected chi connectivity index (χ2v) is 4.27. The number of phenols is 1. The Hall–Kier alpha value is 0.480. The first-order valence-corrected chi connectivity index (χ1v) is 4.92. The van der Waals surface area contributed by atoms with E-state index in [1.54, 1.807) is 0 Å². The Kier molecular flexibility index (Phi) is 2.79. The Morgan fingerprint density at radius 1 is 1.30 bits per heavy atom. The summed E-state index contributed by atoms with van der Waals surface area (Å²) in [6.07, 6.45) is 0. The quantitative estimate of drug-likeness (QED) is 0.706. The molecule has 1 aromatic carbocycles. The summed E-state index contributed by atoms with van der Waals surface area (Å²) in [4.78, 5) is 0. The molecule has 1 nitrogen and oxygen atoms in total. The highest BCUT2D eigenvalue weighted by molar-refractivity contribution is 14.1. The summed E-state index contributed by atoms with van der Waals surface area (Å²) in [6.45, 7) is 1.98. The maximum Gasteiger partial charge on any atom is 0.142 e. The molecule has 0 aliphatic heterocycles. The highest BCUT2D eigenvalue weighted by Gasteiger charge is 2.03. The minimum atomic E-state index is 0.404. The lowest BCUT2D eigenvalue weighted by molar-refractivity contribution is 0.467. The summed E-state index contributed by atoms with van der Waals surface area (Å²) in [6, 6.07) is 3.91. The zero-order chi connectivity index (χ0) is 7.72. The summed E-state index contributed by atoms with van der Waals surface area (Å²) in [5.41, 5.74) is 1.12. The lowest BCUT2D eigenvalue weighted by atomic mass is 10.2. The number of halogens is 2. The summed E-state index contributed by atoms with van der Waals surface area (Å²) < 4.78 is 1.86. The Morgan fingerprint density at radius 2 is 1.90 bits per heavy atom. The molecule has 0 saturated heterocycles. The molecule has 0 atom stereocenters. The second kappa shape index (κ2) is 3.25. The molecule has 0 aromatic heterocycles. The summed E-state index contributed by atoms with van der Waals surface area (Å²) in [7, 11) is 0. The molecule has 0 radical (unpaired) electrons. The van der Waals surface area contributed by atoms with Crippen molar-refractivity contribution >= 4 is 45.2 Å². The molecule has 1 rings (SSSR count). The topological polar surface area (TPSA) is 20.2 Å². The molecule has 0 spiro atoms. The SMILES string of the molecule is Cc1ccc(I)c(O)c1I. The molecule has 0 saturated carbocycles. The minimum Gasteiger partial charge on any atom is -0.506 e. The van der Waals surface area contributed by atoms with Crippen molar-refractivity contribution in [1.29, 1.82) is 0 Å². The van der Waals surface area contributed by atoms with Crippen molar-refractivity contribution in [1.82, 2.24) is 0 Å². The van der Waals surface area contributed by atoms with E-state index in [1.807, 2.05) is 19.1 Å². The number of rotatable bonds is 0. The van der Waals surface area contributed by atoms with E-state index in [0.717, 1.165) is 12.7 Å². The number of hydrogen-bond acceptors (Lipinski definition) is 1. The summed E-state index contributed by atoms with van der Waals surface area (Å²) in [5, 5.41) is 9.37. The van der Waals surface area contributed by atoms with Crippen LogP contribution in [0.5, 0.6) is 5.75 Å². The Labute approximate surface area is 87.1 Å². The van der Waals surface area contributed by atoms with Crippen LogP contribution in [0.25, 0.3) is 0 Å². The van der Waals surface area contributed by atoms with E-state index < -0.39 is 0 Å². The van der Waals surface area contributed by atoms with Gasteiger partial charge >= 0.3 is 0 Å². The molecule has 0 aliphatic rings. The molecule has 0 aliphatic carbocycles. The van der Waals surface area contributed by atoms with Gasteiger partial charge in [-0.1, -0.05) is 6.07 Å². The van der Waals surface area contributed by atoms with Crippen LogP contribution in [-0.4, -0.2) is 5.11 Å². The van der Waals surface area contributed by atoms with Gasteiger partial charge in [0.25, 0.3) is 0 Å². The van der Waals surface area contributed by atoms with Crippen molar-refractivity contribution in [3.8, 4) is 5.75 Å². The zero-order valence-electron chi connectivity index (χ0n) is 5.36. The molecule has 54 valence electrons. The van der Waals surface area contributed by atoms with Crippen molar-refractivity contribution in [2.75, 3.05) is 0 Å². The third kappa shape index (κ3) is 1.55. The van der Waals surface area contributed by atoms with Gasteiger partial charge in [-0.05, 0) is 63.7 Å². The lowest BCUT2D eigenvalue weighted by Gasteiger charge is -2.01. The molecular formula is C7H6I2O. The van der Waals surface area contributed by atoms with Gasteiger partial charge < -0.3 is 5.11 Å². The van der Waals surface area contributed by atoms with Crippen LogP contribution in [0.15, 0.2) is 12.1 Å². The first kappa shape index (κ1) is 8.58. The fourth-order valence-electron chi connectivity index (χ4n) is 0.642. The van der Waals surface area contributed by atoms with E-state index in [4.69, 9.17) is 0 Å². The highest BCUT2D eigenvalue weighted by Crippen LogP contribution is 2.27. The van der Waals surface area contributed by atoms with E-state index in [2.05, 4.69) is 45.2 Å². The number of benzene rings is 1. The zero-order valence-corrected chi connectivity index (χ0v) is 9.67. The summed E-state index contributed by atoms with van der Waals surface area (Å²) >= 11 is 4.25. The second-order valence-electron chi connectivity index (χ2n) is 2.03. The van der Waals surface area contributed by atoms with Crippen molar-refractivity contribution < 1.29 is 5.11 Å². The monoisotopic (exact) mass is 360 g/mol. The van der Waals surface area contributed by atoms with Gasteiger partial charge in [0.2, 0.25) is 0 Å². The normalized spacial score (nSPS) is 9.90. The standard InChI is InChI=1S/C7H6I2O/c1-4-2-3-5(8)7(10)6(4)9/h2-3,10H,1H3.